The third-order valence-electron chi connectivity index (χ3n) is 4.16. The molecule has 0 bridgehead atoms. The van der Waals surface area contributed by atoms with E-state index in [1.165, 1.54) is 37.9 Å². The second-order valence-electron chi connectivity index (χ2n) is 5.72. The van der Waals surface area contributed by atoms with E-state index in [2.05, 4.69) is 49.3 Å². The highest BCUT2D eigenvalue weighted by Crippen LogP contribution is 2.42. The number of nitrogens with one attached hydrogen (secondary N) is 1. The van der Waals surface area contributed by atoms with Crippen LogP contribution in [-0.4, -0.2) is 17.5 Å². The van der Waals surface area contributed by atoms with Crippen LogP contribution < -0.4 is 5.32 Å². The lowest BCUT2D eigenvalue weighted by Crippen LogP contribution is -2.35. The average Bonchev–Trinajstić information content (AvgIpc) is 2.45. The lowest BCUT2D eigenvalue weighted by Gasteiger charge is -2.38. The molecule has 1 spiro atoms. The summed E-state index contributed by atoms with van der Waals surface area (Å²) in [6, 6.07) is 6.17. The largest absolute Gasteiger partial charge is 0.334 e. The lowest BCUT2D eigenvalue weighted by atomic mass is 9.75. The molecule has 20 heavy (non-hydrogen) atoms. The van der Waals surface area contributed by atoms with Gasteiger partial charge in [-0.25, -0.2) is 0 Å². The molecule has 1 heterocycles. The van der Waals surface area contributed by atoms with Crippen LogP contribution in [0.15, 0.2) is 32.1 Å². The van der Waals surface area contributed by atoms with Crippen LogP contribution in [0.4, 0.5) is 5.69 Å². The maximum absolute atomic E-state index is 4.80. The number of hydrogen-bond donors (Lipinski definition) is 1. The summed E-state index contributed by atoms with van der Waals surface area (Å²) in [7, 11) is 0. The number of aliphatic imine (C=N–C) groups is 1. The van der Waals surface area contributed by atoms with Crippen LogP contribution in [-0.2, 0) is 0 Å². The van der Waals surface area contributed by atoms with Gasteiger partial charge < -0.3 is 5.32 Å². The molecule has 1 saturated carbocycles. The Morgan fingerprint density at radius 1 is 1.15 bits per heavy atom. The normalized spacial score (nSPS) is 21.6. The zero-order valence-corrected chi connectivity index (χ0v) is 15.3. The Labute approximate surface area is 141 Å². The fourth-order valence-corrected chi connectivity index (χ4v) is 5.25. The molecule has 5 heteroatoms. The molecule has 0 radical (unpaired) electrons. The molecule has 0 saturated heterocycles. The number of rotatable bonds is 1. The van der Waals surface area contributed by atoms with Gasteiger partial charge in [-0.2, -0.15) is 0 Å². The van der Waals surface area contributed by atoms with Gasteiger partial charge in [0.15, 0.2) is 5.17 Å². The van der Waals surface area contributed by atoms with Crippen molar-refractivity contribution in [1.82, 2.24) is 0 Å². The number of benzene rings is 1. The molecule has 1 N–H and O–H groups in total. The number of halogens is 2. The molecule has 2 nitrogen and oxygen atoms in total. The first-order valence-electron chi connectivity index (χ1n) is 7.06. The molecular formula is C15H18Br2N2S. The van der Waals surface area contributed by atoms with Crippen molar-refractivity contribution in [1.29, 1.82) is 0 Å². The molecule has 0 aromatic heterocycles. The summed E-state index contributed by atoms with van der Waals surface area (Å²) in [6.07, 6.45) is 6.90. The first kappa shape index (κ1) is 14.9. The van der Waals surface area contributed by atoms with Crippen molar-refractivity contribution < 1.29 is 0 Å². The predicted octanol–water partition coefficient (Wildman–Crippen LogP) is 5.68. The highest BCUT2D eigenvalue weighted by Gasteiger charge is 2.34. The first-order valence-corrected chi connectivity index (χ1v) is 9.63. The number of amidine groups is 1. The third-order valence-corrected chi connectivity index (χ3v) is 6.57. The van der Waals surface area contributed by atoms with Crippen molar-refractivity contribution in [3.05, 3.63) is 27.1 Å². The molecule has 0 amide bonds. The van der Waals surface area contributed by atoms with Crippen LogP contribution in [0.5, 0.6) is 0 Å². The van der Waals surface area contributed by atoms with Gasteiger partial charge in [0, 0.05) is 21.2 Å². The van der Waals surface area contributed by atoms with E-state index in [4.69, 9.17) is 4.99 Å². The molecule has 3 rings (SSSR count). The topological polar surface area (TPSA) is 24.4 Å². The summed E-state index contributed by atoms with van der Waals surface area (Å²) >= 11 is 8.95. The summed E-state index contributed by atoms with van der Waals surface area (Å²) in [5.41, 5.74) is 1.57. The predicted molar refractivity (Wildman–Crippen MR) is 95.7 cm³/mol. The van der Waals surface area contributed by atoms with Crippen LogP contribution >= 0.6 is 43.6 Å². The van der Waals surface area contributed by atoms with Crippen molar-refractivity contribution >= 4 is 54.5 Å². The minimum Gasteiger partial charge on any atom is -0.334 e. The van der Waals surface area contributed by atoms with E-state index in [1.807, 2.05) is 17.8 Å². The SMILES string of the molecule is Brc1ccc(NC2=NCC3(CCCCC3)CS2)c(Br)c1. The van der Waals surface area contributed by atoms with Crippen LogP contribution in [0.3, 0.4) is 0 Å². The standard InChI is InChI=1S/C15H18Br2N2S/c16-11-4-5-13(12(17)8-11)19-14-18-9-15(10-20-14)6-2-1-3-7-15/h4-5,8H,1-3,6-7,9-10H2,(H,18,19). The van der Waals surface area contributed by atoms with Crippen LogP contribution in [0, 0.1) is 5.41 Å². The van der Waals surface area contributed by atoms with Gasteiger partial charge in [-0.1, -0.05) is 47.0 Å². The molecular weight excluding hydrogens is 400 g/mol. The van der Waals surface area contributed by atoms with Crippen molar-refractivity contribution in [2.45, 2.75) is 32.1 Å². The third kappa shape index (κ3) is 3.42. The summed E-state index contributed by atoms with van der Waals surface area (Å²) in [5, 5.41) is 4.50. The van der Waals surface area contributed by atoms with Crippen molar-refractivity contribution in [2.24, 2.45) is 10.4 Å². The number of thioether (sulfide) groups is 1. The molecule has 1 aliphatic heterocycles. The second-order valence-corrected chi connectivity index (χ2v) is 8.45. The summed E-state index contributed by atoms with van der Waals surface area (Å²) < 4.78 is 2.14. The molecule has 0 unspecified atom stereocenters. The van der Waals surface area contributed by atoms with Gasteiger partial charge in [0.1, 0.15) is 0 Å². The van der Waals surface area contributed by atoms with Gasteiger partial charge >= 0.3 is 0 Å². The van der Waals surface area contributed by atoms with E-state index < -0.39 is 0 Å². The van der Waals surface area contributed by atoms with E-state index in [0.29, 0.717) is 5.41 Å². The van der Waals surface area contributed by atoms with E-state index in [0.717, 1.165) is 26.3 Å². The molecule has 2 aliphatic rings. The summed E-state index contributed by atoms with van der Waals surface area (Å²) in [4.78, 5) is 4.80. The molecule has 1 aromatic rings. The van der Waals surface area contributed by atoms with Crippen LogP contribution in [0.25, 0.3) is 0 Å². The highest BCUT2D eigenvalue weighted by atomic mass is 79.9. The van der Waals surface area contributed by atoms with Gasteiger partial charge in [-0.15, -0.1) is 0 Å². The Balaban J connectivity index is 1.67. The Morgan fingerprint density at radius 2 is 1.95 bits per heavy atom. The van der Waals surface area contributed by atoms with E-state index in [-0.39, 0.29) is 0 Å². The van der Waals surface area contributed by atoms with Crippen LogP contribution in [0.2, 0.25) is 0 Å². The van der Waals surface area contributed by atoms with Gasteiger partial charge in [-0.05, 0) is 52.4 Å². The van der Waals surface area contributed by atoms with E-state index >= 15 is 0 Å². The van der Waals surface area contributed by atoms with Crippen molar-refractivity contribution in [2.75, 3.05) is 17.6 Å². The molecule has 108 valence electrons. The van der Waals surface area contributed by atoms with Crippen LogP contribution in [0.1, 0.15) is 32.1 Å². The Hall–Kier alpha value is -0.000000000000000111. The first-order chi connectivity index (χ1) is 9.67. The minimum atomic E-state index is 0.491. The number of nitrogens with zero attached hydrogens (tertiary/aromatic N) is 1. The Kier molecular flexibility index (Phi) is 4.78. The zero-order valence-electron chi connectivity index (χ0n) is 11.3. The van der Waals surface area contributed by atoms with E-state index in [9.17, 15) is 0 Å². The zero-order chi connectivity index (χ0) is 14.0. The molecule has 1 aliphatic carbocycles. The Morgan fingerprint density at radius 3 is 2.60 bits per heavy atom. The fourth-order valence-electron chi connectivity index (χ4n) is 2.94. The minimum absolute atomic E-state index is 0.491. The van der Waals surface area contributed by atoms with Gasteiger partial charge in [0.2, 0.25) is 0 Å². The monoisotopic (exact) mass is 416 g/mol. The molecule has 0 atom stereocenters. The Bertz CT molecular complexity index is 525. The average molecular weight is 418 g/mol. The lowest BCUT2D eigenvalue weighted by molar-refractivity contribution is 0.232. The van der Waals surface area contributed by atoms with E-state index in [1.54, 1.807) is 0 Å². The smallest absolute Gasteiger partial charge is 0.161 e. The molecule has 1 aromatic carbocycles. The summed E-state index contributed by atoms with van der Waals surface area (Å²) in [5.74, 6) is 1.22. The van der Waals surface area contributed by atoms with Gasteiger partial charge in [0.25, 0.3) is 0 Å². The highest BCUT2D eigenvalue weighted by molar-refractivity contribution is 9.11. The van der Waals surface area contributed by atoms with Gasteiger partial charge in [-0.3, -0.25) is 4.99 Å². The second kappa shape index (κ2) is 6.41. The maximum atomic E-state index is 4.80. The fraction of sp³-hybridized carbons (Fsp3) is 0.533. The molecule has 1 fully saturated rings. The van der Waals surface area contributed by atoms with Crippen molar-refractivity contribution in [3.63, 3.8) is 0 Å². The number of hydrogen-bond acceptors (Lipinski definition) is 3. The van der Waals surface area contributed by atoms with Gasteiger partial charge in [0.05, 0.1) is 5.69 Å². The quantitative estimate of drug-likeness (QED) is 0.635. The maximum Gasteiger partial charge on any atom is 0.161 e. The number of anilines is 1. The summed E-state index contributed by atoms with van der Waals surface area (Å²) in [6.45, 7) is 0.997. The van der Waals surface area contributed by atoms with Crippen molar-refractivity contribution in [3.8, 4) is 0 Å².